The lowest BCUT2D eigenvalue weighted by atomic mass is 10.1. The van der Waals surface area contributed by atoms with E-state index in [0.717, 1.165) is 0 Å². The van der Waals surface area contributed by atoms with Crippen molar-refractivity contribution < 1.29 is 4.52 Å². The van der Waals surface area contributed by atoms with Gasteiger partial charge in [-0.1, -0.05) is 13.8 Å². The Hall–Kier alpha value is -0.990. The lowest BCUT2D eigenvalue weighted by Gasteiger charge is -1.92. The maximum absolute atomic E-state index is 10.7. The van der Waals surface area contributed by atoms with Gasteiger partial charge in [0.15, 0.2) is 0 Å². The van der Waals surface area contributed by atoms with Gasteiger partial charge in [0, 0.05) is 6.20 Å². The zero-order chi connectivity index (χ0) is 6.85. The molecule has 0 radical (unpaired) electrons. The molecule has 1 aromatic heterocycles. The van der Waals surface area contributed by atoms with Crippen LogP contribution in [0, 0.1) is 0 Å². The summed E-state index contributed by atoms with van der Waals surface area (Å²) in [7, 11) is 0. The third-order valence-corrected chi connectivity index (χ3v) is 1.22. The molecule has 3 nitrogen and oxygen atoms in total. The molecule has 1 N–H and O–H groups in total. The van der Waals surface area contributed by atoms with E-state index in [-0.39, 0.29) is 11.5 Å². The third kappa shape index (κ3) is 1.04. The smallest absolute Gasteiger partial charge is 0.339 e. The highest BCUT2D eigenvalue weighted by Crippen LogP contribution is 2.06. The van der Waals surface area contributed by atoms with E-state index >= 15 is 0 Å². The molecule has 3 heteroatoms. The van der Waals surface area contributed by atoms with Crippen LogP contribution >= 0.6 is 0 Å². The van der Waals surface area contributed by atoms with Crippen LogP contribution in [-0.2, 0) is 0 Å². The fraction of sp³-hybridized carbons (Fsp3) is 0.500. The first-order chi connectivity index (χ1) is 4.22. The third-order valence-electron chi connectivity index (χ3n) is 1.22. The van der Waals surface area contributed by atoms with Crippen LogP contribution in [-0.4, -0.2) is 5.16 Å². The molecule has 0 fully saturated rings. The Morgan fingerprint density at radius 1 is 1.67 bits per heavy atom. The molecule has 0 aliphatic rings. The molecule has 0 saturated heterocycles. The van der Waals surface area contributed by atoms with Gasteiger partial charge in [-0.3, -0.25) is 0 Å². The quantitative estimate of drug-likeness (QED) is 0.613. The van der Waals surface area contributed by atoms with E-state index in [0.29, 0.717) is 5.56 Å². The lowest BCUT2D eigenvalue weighted by molar-refractivity contribution is 0.389. The van der Waals surface area contributed by atoms with E-state index < -0.39 is 0 Å². The fourth-order valence-electron chi connectivity index (χ4n) is 0.667. The maximum atomic E-state index is 10.7. The van der Waals surface area contributed by atoms with E-state index in [2.05, 4.69) is 9.68 Å². The minimum Gasteiger partial charge on any atom is -0.339 e. The first-order valence-electron chi connectivity index (χ1n) is 2.88. The Balaban J connectivity index is 3.08. The van der Waals surface area contributed by atoms with Crippen molar-refractivity contribution in [2.45, 2.75) is 19.8 Å². The number of H-pyrrole nitrogens is 1. The molecule has 0 saturated carbocycles. The normalized spacial score (nSPS) is 10.6. The molecule has 0 atom stereocenters. The van der Waals surface area contributed by atoms with Crippen molar-refractivity contribution in [3.63, 3.8) is 0 Å². The summed E-state index contributed by atoms with van der Waals surface area (Å²) >= 11 is 0. The van der Waals surface area contributed by atoms with Crippen molar-refractivity contribution in [2.75, 3.05) is 0 Å². The molecule has 50 valence electrons. The van der Waals surface area contributed by atoms with Crippen molar-refractivity contribution >= 4 is 0 Å². The number of rotatable bonds is 1. The monoisotopic (exact) mass is 127 g/mol. The Morgan fingerprint density at radius 2 is 2.33 bits per heavy atom. The van der Waals surface area contributed by atoms with Crippen molar-refractivity contribution in [3.8, 4) is 0 Å². The van der Waals surface area contributed by atoms with E-state index in [1.165, 1.54) is 0 Å². The van der Waals surface area contributed by atoms with Gasteiger partial charge in [0.2, 0.25) is 0 Å². The molecule has 0 bridgehead atoms. The van der Waals surface area contributed by atoms with Gasteiger partial charge in [-0.2, -0.15) is 0 Å². The number of aromatic nitrogens is 1. The molecule has 0 aliphatic carbocycles. The average Bonchev–Trinajstić information content (AvgIpc) is 2.13. The summed E-state index contributed by atoms with van der Waals surface area (Å²) in [5.74, 6) is 0.243. The molecule has 0 aromatic carbocycles. The van der Waals surface area contributed by atoms with Crippen LogP contribution in [0.4, 0.5) is 0 Å². The van der Waals surface area contributed by atoms with E-state index in [1.807, 2.05) is 13.8 Å². The van der Waals surface area contributed by atoms with Crippen LogP contribution in [0.2, 0.25) is 0 Å². The Kier molecular flexibility index (Phi) is 1.42. The zero-order valence-electron chi connectivity index (χ0n) is 5.47. The highest BCUT2D eigenvalue weighted by atomic mass is 16.5. The SMILES string of the molecule is CC(C)c1c[nH]oc1=O. The Bertz CT molecular complexity index is 233. The van der Waals surface area contributed by atoms with Crippen LogP contribution in [0.25, 0.3) is 0 Å². The van der Waals surface area contributed by atoms with Gasteiger partial charge >= 0.3 is 5.63 Å². The first-order valence-corrected chi connectivity index (χ1v) is 2.88. The molecule has 0 spiro atoms. The number of aromatic amines is 1. The summed E-state index contributed by atoms with van der Waals surface area (Å²) in [4.78, 5) is 10.7. The zero-order valence-corrected chi connectivity index (χ0v) is 5.47. The summed E-state index contributed by atoms with van der Waals surface area (Å²) in [5.41, 5.74) is 0.444. The van der Waals surface area contributed by atoms with Crippen molar-refractivity contribution in [2.24, 2.45) is 0 Å². The summed E-state index contributed by atoms with van der Waals surface area (Å²) in [6.07, 6.45) is 1.59. The highest BCUT2D eigenvalue weighted by Gasteiger charge is 2.05. The number of nitrogens with one attached hydrogen (secondary N) is 1. The number of hydrogen-bond donors (Lipinski definition) is 1. The van der Waals surface area contributed by atoms with Crippen LogP contribution in [0.5, 0.6) is 0 Å². The molecule has 0 aliphatic heterocycles. The van der Waals surface area contributed by atoms with Crippen LogP contribution in [0.15, 0.2) is 15.5 Å². The summed E-state index contributed by atoms with van der Waals surface area (Å²) in [6.45, 7) is 3.89. The van der Waals surface area contributed by atoms with Gasteiger partial charge in [-0.15, -0.1) is 0 Å². The predicted octanol–water partition coefficient (Wildman–Crippen LogP) is 1.09. The molecule has 1 aromatic rings. The molecule has 0 amide bonds. The largest absolute Gasteiger partial charge is 0.360 e. The number of hydrogen-bond acceptors (Lipinski definition) is 2. The highest BCUT2D eigenvalue weighted by molar-refractivity contribution is 5.05. The lowest BCUT2D eigenvalue weighted by Crippen LogP contribution is -2.01. The van der Waals surface area contributed by atoms with Gasteiger partial charge in [0.05, 0.1) is 5.56 Å². The standard InChI is InChI=1S/C6H9NO2/c1-4(2)5-3-7-9-6(5)8/h3-4,7H,1-2H3. The van der Waals surface area contributed by atoms with Gasteiger partial charge in [0.25, 0.3) is 0 Å². The summed E-state index contributed by atoms with van der Waals surface area (Å²) < 4.78 is 4.45. The van der Waals surface area contributed by atoms with Crippen LogP contribution in [0.3, 0.4) is 0 Å². The van der Waals surface area contributed by atoms with E-state index in [9.17, 15) is 4.79 Å². The van der Waals surface area contributed by atoms with Gasteiger partial charge in [-0.25, -0.2) is 9.95 Å². The fourth-order valence-corrected chi connectivity index (χ4v) is 0.667. The van der Waals surface area contributed by atoms with E-state index in [4.69, 9.17) is 0 Å². The topological polar surface area (TPSA) is 46.0 Å². The van der Waals surface area contributed by atoms with Crippen LogP contribution in [0.1, 0.15) is 25.3 Å². The van der Waals surface area contributed by atoms with Gasteiger partial charge < -0.3 is 4.52 Å². The molecule has 1 heterocycles. The van der Waals surface area contributed by atoms with E-state index in [1.54, 1.807) is 6.20 Å². The van der Waals surface area contributed by atoms with Crippen LogP contribution < -0.4 is 5.63 Å². The molecule has 0 unspecified atom stereocenters. The average molecular weight is 127 g/mol. The second kappa shape index (κ2) is 2.09. The molecular weight excluding hydrogens is 118 g/mol. The van der Waals surface area contributed by atoms with Crippen molar-refractivity contribution in [1.29, 1.82) is 0 Å². The van der Waals surface area contributed by atoms with Crippen molar-refractivity contribution in [3.05, 3.63) is 22.2 Å². The van der Waals surface area contributed by atoms with Crippen molar-refractivity contribution in [1.82, 2.24) is 5.16 Å². The minimum atomic E-state index is -0.259. The maximum Gasteiger partial charge on any atom is 0.360 e. The molecule has 1 rings (SSSR count). The Morgan fingerprint density at radius 3 is 2.56 bits per heavy atom. The molecular formula is C6H9NO2. The van der Waals surface area contributed by atoms with Gasteiger partial charge in [0.1, 0.15) is 0 Å². The first kappa shape index (κ1) is 6.13. The second-order valence-electron chi connectivity index (χ2n) is 2.26. The molecule has 9 heavy (non-hydrogen) atoms. The second-order valence-corrected chi connectivity index (χ2v) is 2.26. The summed E-state index contributed by atoms with van der Waals surface area (Å²) in [6, 6.07) is 0. The Labute approximate surface area is 52.7 Å². The van der Waals surface area contributed by atoms with Gasteiger partial charge in [-0.05, 0) is 5.92 Å². The summed E-state index contributed by atoms with van der Waals surface area (Å²) in [5, 5.41) is 2.39. The predicted molar refractivity (Wildman–Crippen MR) is 33.4 cm³/mol. The minimum absolute atomic E-state index is 0.243.